The predicted molar refractivity (Wildman–Crippen MR) is 91.7 cm³/mol. The maximum Gasteiger partial charge on any atom is 0.229 e. The van der Waals surface area contributed by atoms with E-state index in [1.807, 2.05) is 19.1 Å². The molecule has 0 fully saturated rings. The van der Waals surface area contributed by atoms with Crippen LogP contribution in [0.15, 0.2) is 24.3 Å². The van der Waals surface area contributed by atoms with E-state index >= 15 is 0 Å². The molecular weight excluding hydrogens is 300 g/mol. The molecule has 1 aromatic carbocycles. The second-order valence-corrected chi connectivity index (χ2v) is 6.99. The second-order valence-electron chi connectivity index (χ2n) is 5.22. The Bertz CT molecular complexity index is 670. The van der Waals surface area contributed by atoms with Gasteiger partial charge in [0.15, 0.2) is 3.95 Å². The Morgan fingerprint density at radius 2 is 2.05 bits per heavy atom. The van der Waals surface area contributed by atoms with Gasteiger partial charge in [-0.15, -0.1) is 11.3 Å². The zero-order valence-electron chi connectivity index (χ0n) is 12.5. The van der Waals surface area contributed by atoms with E-state index < -0.39 is 0 Å². The molecule has 5 heteroatoms. The number of carbonyl (C=O) groups is 1. The maximum atomic E-state index is 12.1. The standard InChI is InChI=1S/C16H20N2OS2/c1-4-10(2)12-5-7-13(8-6-12)18-15(19)9-14-11(3)17-16(20)21-14/h5-8,10H,4,9H2,1-3H3,(H,17,20)(H,18,19)/t10-/m0/s1. The summed E-state index contributed by atoms with van der Waals surface area (Å²) < 4.78 is 0.716. The second kappa shape index (κ2) is 7.00. The van der Waals surface area contributed by atoms with Crippen molar-refractivity contribution in [1.29, 1.82) is 0 Å². The molecule has 0 radical (unpaired) electrons. The minimum Gasteiger partial charge on any atom is -0.341 e. The molecule has 0 aliphatic heterocycles. The summed E-state index contributed by atoms with van der Waals surface area (Å²) in [6, 6.07) is 8.08. The summed E-state index contributed by atoms with van der Waals surface area (Å²) in [7, 11) is 0. The van der Waals surface area contributed by atoms with Gasteiger partial charge in [0.05, 0.1) is 6.42 Å². The SMILES string of the molecule is CC[C@H](C)c1ccc(NC(=O)Cc2sc(=S)[nH]c2C)cc1. The average molecular weight is 320 g/mol. The number of rotatable bonds is 5. The first-order valence-electron chi connectivity index (χ1n) is 7.08. The van der Waals surface area contributed by atoms with Crippen LogP contribution in [-0.2, 0) is 11.2 Å². The lowest BCUT2D eigenvalue weighted by Gasteiger charge is -2.10. The van der Waals surface area contributed by atoms with Crippen LogP contribution in [0, 0.1) is 10.9 Å². The van der Waals surface area contributed by atoms with Gasteiger partial charge >= 0.3 is 0 Å². The lowest BCUT2D eigenvalue weighted by atomic mass is 9.99. The molecule has 0 saturated carbocycles. The van der Waals surface area contributed by atoms with Crippen molar-refractivity contribution in [2.24, 2.45) is 0 Å². The number of hydrogen-bond donors (Lipinski definition) is 2. The summed E-state index contributed by atoms with van der Waals surface area (Å²) in [5.74, 6) is 0.532. The van der Waals surface area contributed by atoms with Crippen LogP contribution in [-0.4, -0.2) is 10.9 Å². The van der Waals surface area contributed by atoms with Gasteiger partial charge in [-0.25, -0.2) is 0 Å². The van der Waals surface area contributed by atoms with Gasteiger partial charge in [0.1, 0.15) is 0 Å². The summed E-state index contributed by atoms with van der Waals surface area (Å²) in [5.41, 5.74) is 3.12. The lowest BCUT2D eigenvalue weighted by Crippen LogP contribution is -2.14. The number of anilines is 1. The molecule has 21 heavy (non-hydrogen) atoms. The van der Waals surface area contributed by atoms with Gasteiger partial charge in [-0.05, 0) is 49.2 Å². The van der Waals surface area contributed by atoms with Crippen molar-refractivity contribution in [3.05, 3.63) is 44.4 Å². The molecule has 0 unspecified atom stereocenters. The van der Waals surface area contributed by atoms with Crippen molar-refractivity contribution in [3.8, 4) is 0 Å². The van der Waals surface area contributed by atoms with E-state index in [9.17, 15) is 4.79 Å². The smallest absolute Gasteiger partial charge is 0.229 e. The zero-order chi connectivity index (χ0) is 15.4. The third-order valence-corrected chi connectivity index (χ3v) is 4.96. The molecule has 1 aromatic heterocycles. The van der Waals surface area contributed by atoms with Crippen LogP contribution < -0.4 is 5.32 Å². The molecule has 0 aliphatic carbocycles. The van der Waals surface area contributed by atoms with Crippen molar-refractivity contribution in [2.75, 3.05) is 5.32 Å². The Morgan fingerprint density at radius 3 is 2.57 bits per heavy atom. The van der Waals surface area contributed by atoms with Gasteiger partial charge in [-0.2, -0.15) is 0 Å². The summed E-state index contributed by atoms with van der Waals surface area (Å²) in [6.45, 7) is 6.32. The number of thiazole rings is 1. The van der Waals surface area contributed by atoms with E-state index in [2.05, 4.69) is 36.3 Å². The summed E-state index contributed by atoms with van der Waals surface area (Å²) in [5, 5.41) is 2.93. The Kier molecular flexibility index (Phi) is 5.31. The highest BCUT2D eigenvalue weighted by Crippen LogP contribution is 2.21. The van der Waals surface area contributed by atoms with E-state index in [1.165, 1.54) is 16.9 Å². The molecule has 2 rings (SSSR count). The summed E-state index contributed by atoms with van der Waals surface area (Å²) >= 11 is 6.55. The van der Waals surface area contributed by atoms with Crippen molar-refractivity contribution in [1.82, 2.24) is 4.98 Å². The highest BCUT2D eigenvalue weighted by molar-refractivity contribution is 7.73. The number of amides is 1. The Labute approximate surface area is 134 Å². The van der Waals surface area contributed by atoms with Gasteiger partial charge < -0.3 is 10.3 Å². The fourth-order valence-electron chi connectivity index (χ4n) is 2.09. The van der Waals surface area contributed by atoms with Crippen molar-refractivity contribution in [3.63, 3.8) is 0 Å². The quantitative estimate of drug-likeness (QED) is 0.777. The van der Waals surface area contributed by atoms with Crippen LogP contribution >= 0.6 is 23.6 Å². The van der Waals surface area contributed by atoms with Gasteiger partial charge in [0.2, 0.25) is 5.91 Å². The van der Waals surface area contributed by atoms with Crippen LogP contribution in [0.4, 0.5) is 5.69 Å². The first-order chi connectivity index (χ1) is 9.99. The summed E-state index contributed by atoms with van der Waals surface area (Å²) in [4.78, 5) is 16.1. The molecular formula is C16H20N2OS2. The normalized spacial score (nSPS) is 12.1. The first kappa shape index (κ1) is 15.9. The molecule has 3 nitrogen and oxygen atoms in total. The topological polar surface area (TPSA) is 44.9 Å². The Hall–Kier alpha value is -1.46. The van der Waals surface area contributed by atoms with Crippen LogP contribution in [0.2, 0.25) is 0 Å². The highest BCUT2D eigenvalue weighted by atomic mass is 32.1. The van der Waals surface area contributed by atoms with Crippen LogP contribution in [0.3, 0.4) is 0 Å². The summed E-state index contributed by atoms with van der Waals surface area (Å²) in [6.07, 6.45) is 1.47. The first-order valence-corrected chi connectivity index (χ1v) is 8.30. The molecule has 0 aliphatic rings. The van der Waals surface area contributed by atoms with Gasteiger partial charge in [-0.1, -0.05) is 26.0 Å². The van der Waals surface area contributed by atoms with Gasteiger partial charge in [-0.3, -0.25) is 4.79 Å². The average Bonchev–Trinajstić information content (AvgIpc) is 2.76. The molecule has 0 saturated heterocycles. The van der Waals surface area contributed by atoms with Crippen LogP contribution in [0.5, 0.6) is 0 Å². The monoisotopic (exact) mass is 320 g/mol. The fourth-order valence-corrected chi connectivity index (χ4v) is 3.38. The zero-order valence-corrected chi connectivity index (χ0v) is 14.2. The molecule has 0 bridgehead atoms. The third-order valence-electron chi connectivity index (χ3n) is 3.62. The number of aryl methyl sites for hydroxylation is 1. The molecule has 2 aromatic rings. The Morgan fingerprint density at radius 1 is 1.38 bits per heavy atom. The largest absolute Gasteiger partial charge is 0.341 e. The number of benzene rings is 1. The molecule has 0 spiro atoms. The number of hydrogen-bond acceptors (Lipinski definition) is 3. The number of aromatic nitrogens is 1. The van der Waals surface area contributed by atoms with Gasteiger partial charge in [0.25, 0.3) is 0 Å². The maximum absolute atomic E-state index is 12.1. The minimum atomic E-state index is -0.0142. The Balaban J connectivity index is 1.99. The minimum absolute atomic E-state index is 0.0142. The molecule has 2 N–H and O–H groups in total. The van der Waals surface area contributed by atoms with E-state index in [4.69, 9.17) is 12.2 Å². The number of H-pyrrole nitrogens is 1. The van der Waals surface area contributed by atoms with Gasteiger partial charge in [0, 0.05) is 16.3 Å². The van der Waals surface area contributed by atoms with E-state index in [-0.39, 0.29) is 5.91 Å². The van der Waals surface area contributed by atoms with Crippen molar-refractivity contribution < 1.29 is 4.79 Å². The molecule has 1 atom stereocenters. The van der Waals surface area contributed by atoms with Crippen LogP contribution in [0.1, 0.15) is 42.3 Å². The van der Waals surface area contributed by atoms with Crippen LogP contribution in [0.25, 0.3) is 0 Å². The highest BCUT2D eigenvalue weighted by Gasteiger charge is 2.09. The van der Waals surface area contributed by atoms with E-state index in [1.54, 1.807) is 0 Å². The lowest BCUT2D eigenvalue weighted by molar-refractivity contribution is -0.115. The predicted octanol–water partition coefficient (Wildman–Crippen LogP) is 4.81. The van der Waals surface area contributed by atoms with Crippen molar-refractivity contribution in [2.45, 2.75) is 39.5 Å². The molecule has 112 valence electrons. The van der Waals surface area contributed by atoms with E-state index in [0.29, 0.717) is 16.3 Å². The molecule has 1 amide bonds. The number of aromatic amines is 1. The molecule has 1 heterocycles. The number of nitrogens with one attached hydrogen (secondary N) is 2. The third kappa shape index (κ3) is 4.25. The van der Waals surface area contributed by atoms with Crippen molar-refractivity contribution >= 4 is 35.1 Å². The number of carbonyl (C=O) groups excluding carboxylic acids is 1. The van der Waals surface area contributed by atoms with E-state index in [0.717, 1.165) is 22.7 Å². The fraction of sp³-hybridized carbons (Fsp3) is 0.375.